The van der Waals surface area contributed by atoms with E-state index in [0.717, 1.165) is 9.80 Å². The summed E-state index contributed by atoms with van der Waals surface area (Å²) in [5.41, 5.74) is 0. The Kier molecular flexibility index (Phi) is 35.3. The molecule has 6 N–H and O–H groups in total. The summed E-state index contributed by atoms with van der Waals surface area (Å²) in [7, 11) is 11.3. The van der Waals surface area contributed by atoms with Crippen LogP contribution in [0.1, 0.15) is 0 Å². The van der Waals surface area contributed by atoms with Gasteiger partial charge in [0.15, 0.2) is 0 Å². The number of carboxylic acid groups (broad SMARTS) is 2. The summed E-state index contributed by atoms with van der Waals surface area (Å²) in [4.78, 5) is 24.0. The molecule has 0 spiro atoms. The Hall–Kier alpha value is -0.743. The number of rotatable bonds is 2. The van der Waals surface area contributed by atoms with E-state index in [1.54, 1.807) is 28.2 Å². The molecule has 0 atom stereocenters. The second kappa shape index (κ2) is 24.5. The summed E-state index contributed by atoms with van der Waals surface area (Å²) in [5.74, 6) is 0. The van der Waals surface area contributed by atoms with Gasteiger partial charge >= 0.3 is 12.2 Å². The van der Waals surface area contributed by atoms with Gasteiger partial charge in [-0.1, -0.05) is 19.6 Å². The molecule has 0 aliphatic carbocycles. The Bertz CT molecular complexity index is 346. The van der Waals surface area contributed by atoms with Gasteiger partial charge in [-0.25, -0.2) is 9.59 Å². The smallest absolute Gasteiger partial charge is 0.406 e. The number of carbonyl (C=O) groups is 2. The predicted molar refractivity (Wildman–Crippen MR) is 116 cm³/mol. The van der Waals surface area contributed by atoms with Crippen LogP contribution in [0.2, 0.25) is 19.6 Å². The Morgan fingerprint density at radius 3 is 0.733 bits per heavy atom. The van der Waals surface area contributed by atoms with Crippen molar-refractivity contribution >= 4 is 20.3 Å². The maximum atomic E-state index is 9.62. The average Bonchev–Trinajstić information content (AvgIpc) is 2.46. The molecule has 0 aliphatic rings. The fraction of sp³-hybridized carbons (Fsp3) is 0.812. The summed E-state index contributed by atoms with van der Waals surface area (Å²) >= 11 is 0. The number of nitrogens with zero attached hydrogens (tertiary/aromatic N) is 4. The normalized spacial score (nSPS) is 9.47. The molecule has 30 heavy (non-hydrogen) atoms. The Balaban J connectivity index is -0.0000000596. The second-order valence-electron chi connectivity index (χ2n) is 7.53. The van der Waals surface area contributed by atoms with Crippen molar-refractivity contribution in [2.24, 2.45) is 0 Å². The summed E-state index contributed by atoms with van der Waals surface area (Å²) in [6.07, 6.45) is -4.44. The zero-order chi connectivity index (χ0) is 25.1. The van der Waals surface area contributed by atoms with Crippen LogP contribution in [0.15, 0.2) is 0 Å². The molecule has 0 saturated carbocycles. The van der Waals surface area contributed by atoms with Crippen molar-refractivity contribution in [2.45, 2.75) is 32.5 Å². The maximum absolute atomic E-state index is 9.62. The van der Waals surface area contributed by atoms with Gasteiger partial charge in [0.25, 0.3) is 0 Å². The molecule has 0 fully saturated rings. The van der Waals surface area contributed by atoms with Crippen LogP contribution in [0.3, 0.4) is 0 Å². The Morgan fingerprint density at radius 1 is 0.667 bits per heavy atom. The Labute approximate surface area is 197 Å². The molecule has 185 valence electrons. The van der Waals surface area contributed by atoms with Crippen LogP contribution in [0.4, 0.5) is 9.59 Å². The molecular weight excluding hydrogens is 585 g/mol. The number of hydrogen-bond acceptors (Lipinski definition) is 8. The topological polar surface area (TPSA) is 168 Å². The molecule has 1 radical (unpaired) electrons. The molecule has 0 unspecified atom stereocenters. The fourth-order valence-corrected chi connectivity index (χ4v) is 0. The molecule has 0 heterocycles. The summed E-state index contributed by atoms with van der Waals surface area (Å²) in [6.45, 7) is 10.6. The third kappa shape index (κ3) is 80.7. The van der Waals surface area contributed by atoms with Crippen molar-refractivity contribution in [3.05, 3.63) is 6.55 Å². The third-order valence-electron chi connectivity index (χ3n) is 1.69. The van der Waals surface area contributed by atoms with Gasteiger partial charge < -0.3 is 47.0 Å². The molecule has 2 amide bonds. The van der Waals surface area contributed by atoms with Gasteiger partial charge in [0, 0.05) is 50.6 Å². The van der Waals surface area contributed by atoms with Crippen LogP contribution in [0.5, 0.6) is 0 Å². The van der Waals surface area contributed by atoms with E-state index in [4.69, 9.17) is 30.6 Å². The standard InChI is InChI=1S/C4H11Si.2C3H9NO2.2C3H7NO2.Ta/c1-5(2,3)4;4*1-4(2)3(5)6;/h1H2,2-4H3;2*3,5-6H,1-2H3;2*1-2H3,(H,5,6);/q-1;;;;;. The van der Waals surface area contributed by atoms with Crippen molar-refractivity contribution < 1.29 is 62.6 Å². The van der Waals surface area contributed by atoms with E-state index < -0.39 is 33.1 Å². The minimum atomic E-state index is -1.31. The van der Waals surface area contributed by atoms with E-state index in [9.17, 15) is 9.59 Å². The fourth-order valence-electron chi connectivity index (χ4n) is 0. The van der Waals surface area contributed by atoms with Crippen LogP contribution in [0.25, 0.3) is 0 Å². The maximum Gasteiger partial charge on any atom is 0.406 e. The van der Waals surface area contributed by atoms with Crippen LogP contribution >= 0.6 is 0 Å². The molecule has 0 aromatic rings. The van der Waals surface area contributed by atoms with Gasteiger partial charge in [0.2, 0.25) is 12.8 Å². The molecule has 0 aromatic carbocycles. The Morgan fingerprint density at radius 2 is 0.733 bits per heavy atom. The van der Waals surface area contributed by atoms with E-state index in [2.05, 4.69) is 26.2 Å². The zero-order valence-electron chi connectivity index (χ0n) is 20.1. The molecule has 14 heteroatoms. The summed E-state index contributed by atoms with van der Waals surface area (Å²) in [5, 5.41) is 48.3. The number of aliphatic hydroxyl groups excluding tert-OH is 2. The van der Waals surface area contributed by atoms with Crippen molar-refractivity contribution in [1.29, 1.82) is 0 Å². The summed E-state index contributed by atoms with van der Waals surface area (Å²) in [6, 6.07) is 0. The first kappa shape index (κ1) is 43.2. The van der Waals surface area contributed by atoms with Gasteiger partial charge in [-0.05, 0) is 28.2 Å². The molecule has 0 bridgehead atoms. The van der Waals surface area contributed by atoms with Crippen molar-refractivity contribution in [3.63, 3.8) is 0 Å². The minimum Gasteiger partial charge on any atom is -0.465 e. The first-order valence-corrected chi connectivity index (χ1v) is 12.0. The van der Waals surface area contributed by atoms with Gasteiger partial charge in [-0.15, -0.1) is 8.07 Å². The molecule has 12 nitrogen and oxygen atoms in total. The van der Waals surface area contributed by atoms with Crippen LogP contribution < -0.4 is 0 Å². The number of aliphatic hydroxyl groups is 4. The van der Waals surface area contributed by atoms with E-state index in [-0.39, 0.29) is 22.4 Å². The van der Waals surface area contributed by atoms with Gasteiger partial charge in [0.1, 0.15) is 0 Å². The molecule has 0 aromatic heterocycles. The van der Waals surface area contributed by atoms with Crippen LogP contribution in [-0.2, 0) is 22.4 Å². The van der Waals surface area contributed by atoms with E-state index >= 15 is 0 Å². The number of hydrogen-bond donors (Lipinski definition) is 6. The molecule has 0 saturated heterocycles. The largest absolute Gasteiger partial charge is 0.465 e. The second-order valence-corrected chi connectivity index (χ2v) is 12.7. The van der Waals surface area contributed by atoms with Crippen molar-refractivity contribution in [3.8, 4) is 0 Å². The first-order valence-electron chi connectivity index (χ1n) is 8.28. The molecule has 0 aliphatic heterocycles. The number of amides is 2. The van der Waals surface area contributed by atoms with Crippen molar-refractivity contribution in [1.82, 2.24) is 19.6 Å². The third-order valence-corrected chi connectivity index (χ3v) is 1.69. The van der Waals surface area contributed by atoms with Crippen LogP contribution in [-0.4, -0.2) is 140 Å². The molecule has 0 rings (SSSR count). The van der Waals surface area contributed by atoms with E-state index in [1.165, 1.54) is 38.0 Å². The van der Waals surface area contributed by atoms with Crippen molar-refractivity contribution in [2.75, 3.05) is 56.4 Å². The SMILES string of the molecule is CN(C)C(=O)O.CN(C)C(=O)O.CN(C)C(O)O.CN(C)C(O)O.[CH2-][Si](C)(C)C.[Ta]. The molecular formula is C16H43N4O8SiTa-. The predicted octanol–water partition coefficient (Wildman–Crippen LogP) is -0.220. The van der Waals surface area contributed by atoms with Gasteiger partial charge in [-0.2, -0.15) is 0 Å². The quantitative estimate of drug-likeness (QED) is 0.137. The first-order chi connectivity index (χ1) is 12.6. The monoisotopic (exact) mass is 628 g/mol. The average molecular weight is 629 g/mol. The van der Waals surface area contributed by atoms with E-state index in [0.29, 0.717) is 0 Å². The van der Waals surface area contributed by atoms with Gasteiger partial charge in [0.05, 0.1) is 0 Å². The van der Waals surface area contributed by atoms with E-state index in [1.807, 2.05) is 0 Å². The zero-order valence-corrected chi connectivity index (χ0v) is 24.3. The summed E-state index contributed by atoms with van der Waals surface area (Å²) < 4.78 is 0. The minimum absolute atomic E-state index is 0. The van der Waals surface area contributed by atoms with Crippen LogP contribution in [0, 0.1) is 6.55 Å². The van der Waals surface area contributed by atoms with Gasteiger partial charge in [-0.3, -0.25) is 9.80 Å².